The highest BCUT2D eigenvalue weighted by molar-refractivity contribution is 7.89. The van der Waals surface area contributed by atoms with Crippen molar-refractivity contribution in [1.29, 1.82) is 0 Å². The number of rotatable bonds is 4. The number of sulfonamides is 1. The van der Waals surface area contributed by atoms with Gasteiger partial charge in [-0.15, -0.1) is 0 Å². The normalized spacial score (nSPS) is 17.7. The molecule has 1 fully saturated rings. The zero-order chi connectivity index (χ0) is 21.3. The molecule has 9 heteroatoms. The van der Waals surface area contributed by atoms with Crippen LogP contribution in [-0.2, 0) is 10.0 Å². The molecule has 30 heavy (non-hydrogen) atoms. The molecule has 4 rings (SSSR count). The van der Waals surface area contributed by atoms with Crippen LogP contribution in [0.5, 0.6) is 0 Å². The standard InChI is InChI=1S/C21H22FN5O2S/c1-14-11-24-8-9-27(14)30(28,29)20-5-3-2-4-18(20)15-6-7-17(19(22)10-15)16-12-25-21(23)26-13-16/h2-7,10,12-14,24H,8-9,11H2,1H3,(H2,23,25,26)/t14-/m0/s1. The second-order valence-electron chi connectivity index (χ2n) is 7.19. The summed E-state index contributed by atoms with van der Waals surface area (Å²) < 4.78 is 43.2. The summed E-state index contributed by atoms with van der Waals surface area (Å²) in [4.78, 5) is 7.95. The van der Waals surface area contributed by atoms with E-state index in [-0.39, 0.29) is 16.9 Å². The average Bonchev–Trinajstić information content (AvgIpc) is 2.75. The van der Waals surface area contributed by atoms with E-state index in [2.05, 4.69) is 15.3 Å². The third-order valence-electron chi connectivity index (χ3n) is 5.18. The van der Waals surface area contributed by atoms with Crippen LogP contribution in [0, 0.1) is 5.82 Å². The smallest absolute Gasteiger partial charge is 0.244 e. The Labute approximate surface area is 174 Å². The molecule has 156 valence electrons. The van der Waals surface area contributed by atoms with Crippen molar-refractivity contribution in [1.82, 2.24) is 19.6 Å². The fourth-order valence-corrected chi connectivity index (χ4v) is 5.48. The van der Waals surface area contributed by atoms with Gasteiger partial charge in [0.25, 0.3) is 0 Å². The largest absolute Gasteiger partial charge is 0.368 e. The van der Waals surface area contributed by atoms with Crippen LogP contribution in [0.15, 0.2) is 59.8 Å². The summed E-state index contributed by atoms with van der Waals surface area (Å²) in [5, 5.41) is 3.19. The summed E-state index contributed by atoms with van der Waals surface area (Å²) in [6.45, 7) is 3.45. The Hall–Kier alpha value is -2.88. The maximum Gasteiger partial charge on any atom is 0.244 e. The minimum Gasteiger partial charge on any atom is -0.368 e. The van der Waals surface area contributed by atoms with E-state index in [9.17, 15) is 12.8 Å². The molecule has 2 aromatic carbocycles. The van der Waals surface area contributed by atoms with E-state index < -0.39 is 15.8 Å². The first kappa shape index (κ1) is 20.4. The van der Waals surface area contributed by atoms with Crippen molar-refractivity contribution in [2.75, 3.05) is 25.4 Å². The number of hydrogen-bond donors (Lipinski definition) is 2. The Morgan fingerprint density at radius 3 is 2.53 bits per heavy atom. The highest BCUT2D eigenvalue weighted by atomic mass is 32.2. The van der Waals surface area contributed by atoms with Crippen LogP contribution in [0.25, 0.3) is 22.3 Å². The second-order valence-corrected chi connectivity index (χ2v) is 9.05. The number of anilines is 1. The van der Waals surface area contributed by atoms with Crippen LogP contribution in [0.4, 0.5) is 10.3 Å². The number of nitrogens with zero attached hydrogens (tertiary/aromatic N) is 3. The third-order valence-corrected chi connectivity index (χ3v) is 7.25. The molecule has 7 nitrogen and oxygen atoms in total. The third kappa shape index (κ3) is 3.79. The van der Waals surface area contributed by atoms with E-state index in [0.717, 1.165) is 0 Å². The molecule has 0 radical (unpaired) electrons. The van der Waals surface area contributed by atoms with Gasteiger partial charge in [0.1, 0.15) is 5.82 Å². The lowest BCUT2D eigenvalue weighted by Crippen LogP contribution is -2.52. The van der Waals surface area contributed by atoms with Gasteiger partial charge < -0.3 is 11.1 Å². The van der Waals surface area contributed by atoms with Crippen molar-refractivity contribution in [2.45, 2.75) is 17.9 Å². The van der Waals surface area contributed by atoms with E-state index in [1.165, 1.54) is 22.8 Å². The molecule has 1 saturated heterocycles. The summed E-state index contributed by atoms with van der Waals surface area (Å²) in [6.07, 6.45) is 2.90. The first-order chi connectivity index (χ1) is 14.4. The minimum absolute atomic E-state index is 0.108. The van der Waals surface area contributed by atoms with E-state index in [4.69, 9.17) is 5.73 Å². The van der Waals surface area contributed by atoms with Crippen LogP contribution in [0.2, 0.25) is 0 Å². The van der Waals surface area contributed by atoms with Crippen LogP contribution in [0.3, 0.4) is 0 Å². The number of benzene rings is 2. The van der Waals surface area contributed by atoms with Crippen LogP contribution in [-0.4, -0.2) is 48.4 Å². The molecule has 1 aromatic heterocycles. The number of nitrogens with one attached hydrogen (secondary N) is 1. The van der Waals surface area contributed by atoms with Crippen LogP contribution in [0.1, 0.15) is 6.92 Å². The van der Waals surface area contributed by atoms with Crippen molar-refractivity contribution in [2.24, 2.45) is 0 Å². The fraction of sp³-hybridized carbons (Fsp3) is 0.238. The summed E-state index contributed by atoms with van der Waals surface area (Å²) in [7, 11) is -3.73. The second kappa shape index (κ2) is 8.10. The molecule has 1 aliphatic rings. The van der Waals surface area contributed by atoms with Crippen molar-refractivity contribution in [3.8, 4) is 22.3 Å². The van der Waals surface area contributed by atoms with E-state index >= 15 is 0 Å². The first-order valence-corrected chi connectivity index (χ1v) is 11.0. The molecule has 0 bridgehead atoms. The summed E-state index contributed by atoms with van der Waals surface area (Å²) in [6, 6.07) is 11.2. The number of aromatic nitrogens is 2. The van der Waals surface area contributed by atoms with Gasteiger partial charge in [-0.05, 0) is 24.6 Å². The van der Waals surface area contributed by atoms with Crippen molar-refractivity contribution in [3.05, 3.63) is 60.7 Å². The Morgan fingerprint density at radius 1 is 1.10 bits per heavy atom. The molecule has 0 amide bonds. The predicted molar refractivity (Wildman–Crippen MR) is 113 cm³/mol. The fourth-order valence-electron chi connectivity index (χ4n) is 3.63. The molecule has 2 heterocycles. The lowest BCUT2D eigenvalue weighted by molar-refractivity contribution is 0.284. The molecular formula is C21H22FN5O2S. The highest BCUT2D eigenvalue weighted by Gasteiger charge is 2.32. The summed E-state index contributed by atoms with van der Waals surface area (Å²) >= 11 is 0. The molecule has 1 aliphatic heterocycles. The quantitative estimate of drug-likeness (QED) is 0.664. The Balaban J connectivity index is 1.75. The Kier molecular flexibility index (Phi) is 5.50. The molecule has 0 spiro atoms. The maximum absolute atomic E-state index is 14.9. The topological polar surface area (TPSA) is 101 Å². The summed E-state index contributed by atoms with van der Waals surface area (Å²) in [5.74, 6) is -0.388. The van der Waals surface area contributed by atoms with Crippen molar-refractivity contribution >= 4 is 16.0 Å². The van der Waals surface area contributed by atoms with Gasteiger partial charge in [-0.3, -0.25) is 0 Å². The Morgan fingerprint density at radius 2 is 1.83 bits per heavy atom. The van der Waals surface area contributed by atoms with E-state index in [0.29, 0.717) is 41.9 Å². The average molecular weight is 428 g/mol. The molecule has 0 saturated carbocycles. The first-order valence-electron chi connectivity index (χ1n) is 9.57. The number of piperazine rings is 1. The zero-order valence-electron chi connectivity index (χ0n) is 16.4. The highest BCUT2D eigenvalue weighted by Crippen LogP contribution is 2.33. The Bertz CT molecular complexity index is 1170. The number of nitrogens with two attached hydrogens (primary N) is 1. The molecular weight excluding hydrogens is 405 g/mol. The molecule has 3 aromatic rings. The number of halogens is 1. The molecule has 1 atom stereocenters. The van der Waals surface area contributed by atoms with Gasteiger partial charge in [0.2, 0.25) is 16.0 Å². The number of hydrogen-bond acceptors (Lipinski definition) is 6. The van der Waals surface area contributed by atoms with Gasteiger partial charge >= 0.3 is 0 Å². The SMILES string of the molecule is C[C@H]1CNCCN1S(=O)(=O)c1ccccc1-c1ccc(-c2cnc(N)nc2)c(F)c1. The minimum atomic E-state index is -3.73. The van der Waals surface area contributed by atoms with Crippen molar-refractivity contribution < 1.29 is 12.8 Å². The molecule has 3 N–H and O–H groups in total. The van der Waals surface area contributed by atoms with Gasteiger partial charge in [0, 0.05) is 54.8 Å². The lowest BCUT2D eigenvalue weighted by Gasteiger charge is -2.33. The van der Waals surface area contributed by atoms with Gasteiger partial charge in [0.15, 0.2) is 0 Å². The van der Waals surface area contributed by atoms with Crippen molar-refractivity contribution in [3.63, 3.8) is 0 Å². The van der Waals surface area contributed by atoms with E-state index in [1.807, 2.05) is 6.92 Å². The zero-order valence-corrected chi connectivity index (χ0v) is 17.2. The lowest BCUT2D eigenvalue weighted by atomic mass is 10.0. The van der Waals surface area contributed by atoms with Gasteiger partial charge in [-0.1, -0.05) is 30.3 Å². The monoisotopic (exact) mass is 427 g/mol. The van der Waals surface area contributed by atoms with Crippen LogP contribution >= 0.6 is 0 Å². The van der Waals surface area contributed by atoms with Gasteiger partial charge in [-0.2, -0.15) is 4.31 Å². The van der Waals surface area contributed by atoms with Gasteiger partial charge in [0.05, 0.1) is 4.90 Å². The number of nitrogen functional groups attached to an aromatic ring is 1. The molecule has 0 unspecified atom stereocenters. The predicted octanol–water partition coefficient (Wildman–Crippen LogP) is 2.51. The summed E-state index contributed by atoms with van der Waals surface area (Å²) in [5.41, 5.74) is 7.24. The van der Waals surface area contributed by atoms with Gasteiger partial charge in [-0.25, -0.2) is 22.8 Å². The van der Waals surface area contributed by atoms with Crippen LogP contribution < -0.4 is 11.1 Å². The molecule has 0 aliphatic carbocycles. The van der Waals surface area contributed by atoms with E-state index in [1.54, 1.807) is 36.4 Å². The maximum atomic E-state index is 14.9.